The smallest absolute Gasteiger partial charge is 0.191 e. The normalized spacial score (nSPS) is 18.1. The number of aryl methyl sites for hydroxylation is 2. The van der Waals surface area contributed by atoms with Crippen molar-refractivity contribution in [1.29, 1.82) is 0 Å². The largest absolute Gasteiger partial charge is 0.356 e. The van der Waals surface area contributed by atoms with Crippen LogP contribution in [-0.4, -0.2) is 59.7 Å². The van der Waals surface area contributed by atoms with E-state index in [2.05, 4.69) is 62.1 Å². The highest BCUT2D eigenvalue weighted by Crippen LogP contribution is 2.16. The molecule has 7 heteroatoms. The Kier molecular flexibility index (Phi) is 9.50. The third-order valence-corrected chi connectivity index (χ3v) is 5.58. The molecule has 2 aromatic rings. The highest BCUT2D eigenvalue weighted by molar-refractivity contribution is 14.0. The lowest BCUT2D eigenvalue weighted by Gasteiger charge is -2.35. The van der Waals surface area contributed by atoms with Gasteiger partial charge in [-0.1, -0.05) is 25.5 Å². The maximum absolute atomic E-state index is 4.64. The zero-order chi connectivity index (χ0) is 19.1. The monoisotopic (exact) mass is 498 g/mol. The first-order valence-corrected chi connectivity index (χ1v) is 10.3. The predicted molar refractivity (Wildman–Crippen MR) is 129 cm³/mol. The lowest BCUT2D eigenvalue weighted by molar-refractivity contribution is 0.157. The Morgan fingerprint density at radius 2 is 2.07 bits per heavy atom. The van der Waals surface area contributed by atoms with Crippen LogP contribution in [0.4, 0.5) is 0 Å². The predicted octanol–water partition coefficient (Wildman–Crippen LogP) is 3.39. The van der Waals surface area contributed by atoms with Gasteiger partial charge in [0, 0.05) is 32.7 Å². The second kappa shape index (κ2) is 11.6. The maximum Gasteiger partial charge on any atom is 0.191 e. The van der Waals surface area contributed by atoms with Crippen molar-refractivity contribution in [3.8, 4) is 0 Å². The highest BCUT2D eigenvalue weighted by Gasteiger charge is 2.20. The first-order valence-electron chi connectivity index (χ1n) is 10.3. The molecular weight excluding hydrogens is 463 g/mol. The summed E-state index contributed by atoms with van der Waals surface area (Å²) >= 11 is 0. The van der Waals surface area contributed by atoms with E-state index in [0.717, 1.165) is 49.9 Å². The first-order chi connectivity index (χ1) is 13.2. The molecule has 1 fully saturated rings. The van der Waals surface area contributed by atoms with Gasteiger partial charge in [-0.15, -0.1) is 24.0 Å². The number of nitrogens with zero attached hydrogens (tertiary/aromatic N) is 4. The molecule has 156 valence electrons. The summed E-state index contributed by atoms with van der Waals surface area (Å²) < 4.78 is 2.30. The van der Waals surface area contributed by atoms with Crippen LogP contribution < -0.4 is 10.6 Å². The standard InChI is InChI=1S/C21H34N6.HI/c1-4-26-14-8-7-10-18(26)16-24-21(22-3)23-13-9-15-27-17(2)25-19-11-5-6-12-20(19)27;/h5-6,11-12,18H,4,7-10,13-16H2,1-3H3,(H2,22,23,24);1H. The van der Waals surface area contributed by atoms with Crippen molar-refractivity contribution in [3.63, 3.8) is 0 Å². The molecule has 2 N–H and O–H groups in total. The number of nitrogens with one attached hydrogen (secondary N) is 2. The third-order valence-electron chi connectivity index (χ3n) is 5.58. The van der Waals surface area contributed by atoms with Crippen molar-refractivity contribution >= 4 is 41.0 Å². The number of likely N-dealkylation sites (tertiary alicyclic amines) is 1. The van der Waals surface area contributed by atoms with Gasteiger partial charge in [0.1, 0.15) is 5.82 Å². The van der Waals surface area contributed by atoms with Crippen LogP contribution in [0.1, 0.15) is 38.4 Å². The summed E-state index contributed by atoms with van der Waals surface area (Å²) in [6, 6.07) is 8.97. The number of para-hydroxylation sites is 2. The molecule has 2 heterocycles. The number of guanidine groups is 1. The van der Waals surface area contributed by atoms with E-state index < -0.39 is 0 Å². The van der Waals surface area contributed by atoms with Crippen molar-refractivity contribution in [1.82, 2.24) is 25.1 Å². The van der Waals surface area contributed by atoms with Gasteiger partial charge in [-0.25, -0.2) is 4.98 Å². The van der Waals surface area contributed by atoms with Crippen molar-refractivity contribution < 1.29 is 0 Å². The maximum atomic E-state index is 4.64. The second-order valence-corrected chi connectivity index (χ2v) is 7.31. The molecule has 0 saturated carbocycles. The Labute approximate surface area is 186 Å². The minimum absolute atomic E-state index is 0. The summed E-state index contributed by atoms with van der Waals surface area (Å²) in [7, 11) is 1.85. The number of piperidine rings is 1. The summed E-state index contributed by atoms with van der Waals surface area (Å²) in [6.07, 6.45) is 4.99. The molecule has 1 saturated heterocycles. The molecule has 1 unspecified atom stereocenters. The number of hydrogen-bond donors (Lipinski definition) is 2. The zero-order valence-electron chi connectivity index (χ0n) is 17.4. The molecule has 6 nitrogen and oxygen atoms in total. The summed E-state index contributed by atoms with van der Waals surface area (Å²) in [6.45, 7) is 9.53. The van der Waals surface area contributed by atoms with Gasteiger partial charge in [0.2, 0.25) is 0 Å². The average molecular weight is 498 g/mol. The molecule has 1 aromatic carbocycles. The summed E-state index contributed by atoms with van der Waals surface area (Å²) in [4.78, 5) is 11.6. The number of imidazole rings is 1. The lowest BCUT2D eigenvalue weighted by atomic mass is 10.0. The molecule has 0 spiro atoms. The van der Waals surface area contributed by atoms with Crippen LogP contribution >= 0.6 is 24.0 Å². The van der Waals surface area contributed by atoms with Gasteiger partial charge in [-0.3, -0.25) is 9.89 Å². The Bertz CT molecular complexity index is 756. The molecule has 3 rings (SSSR count). The van der Waals surface area contributed by atoms with Crippen molar-refractivity contribution in [2.45, 2.75) is 52.1 Å². The van der Waals surface area contributed by atoms with Crippen LogP contribution in [0.15, 0.2) is 29.3 Å². The van der Waals surface area contributed by atoms with E-state index in [1.54, 1.807) is 0 Å². The van der Waals surface area contributed by atoms with Crippen LogP contribution in [-0.2, 0) is 6.54 Å². The van der Waals surface area contributed by atoms with E-state index in [9.17, 15) is 0 Å². The number of aliphatic imine (C=N–C) groups is 1. The number of rotatable bonds is 7. The highest BCUT2D eigenvalue weighted by atomic mass is 127. The Morgan fingerprint density at radius 1 is 1.25 bits per heavy atom. The van der Waals surface area contributed by atoms with Crippen LogP contribution in [0.3, 0.4) is 0 Å². The molecule has 0 bridgehead atoms. The summed E-state index contributed by atoms with van der Waals surface area (Å²) in [5.74, 6) is 1.99. The van der Waals surface area contributed by atoms with Crippen LogP contribution in [0, 0.1) is 6.92 Å². The SMILES string of the molecule is CCN1CCCCC1CNC(=NC)NCCCn1c(C)nc2ccccc21.I. The van der Waals surface area contributed by atoms with Gasteiger partial charge in [-0.2, -0.15) is 0 Å². The van der Waals surface area contributed by atoms with Crippen molar-refractivity contribution in [2.75, 3.05) is 33.2 Å². The molecule has 1 aromatic heterocycles. The molecule has 1 aliphatic rings. The second-order valence-electron chi connectivity index (χ2n) is 7.31. The molecular formula is C21H35IN6. The zero-order valence-corrected chi connectivity index (χ0v) is 19.8. The summed E-state index contributed by atoms with van der Waals surface area (Å²) in [5.41, 5.74) is 2.29. The van der Waals surface area contributed by atoms with Crippen LogP contribution in [0.5, 0.6) is 0 Å². The third kappa shape index (κ3) is 5.83. The van der Waals surface area contributed by atoms with Crippen LogP contribution in [0.2, 0.25) is 0 Å². The van der Waals surface area contributed by atoms with Gasteiger partial charge in [0.15, 0.2) is 5.96 Å². The quantitative estimate of drug-likeness (QED) is 0.266. The van der Waals surface area contributed by atoms with E-state index in [1.807, 2.05) is 13.1 Å². The Hall–Kier alpha value is -1.35. The average Bonchev–Trinajstić information content (AvgIpc) is 3.02. The van der Waals surface area contributed by atoms with Gasteiger partial charge in [0.05, 0.1) is 11.0 Å². The van der Waals surface area contributed by atoms with Gasteiger partial charge in [0.25, 0.3) is 0 Å². The van der Waals surface area contributed by atoms with E-state index in [4.69, 9.17) is 0 Å². The molecule has 28 heavy (non-hydrogen) atoms. The molecule has 0 amide bonds. The number of halogens is 1. The molecule has 1 aliphatic heterocycles. The Morgan fingerprint density at radius 3 is 2.86 bits per heavy atom. The van der Waals surface area contributed by atoms with Gasteiger partial charge < -0.3 is 15.2 Å². The van der Waals surface area contributed by atoms with E-state index in [1.165, 1.54) is 31.3 Å². The Balaban J connectivity index is 0.00000280. The van der Waals surface area contributed by atoms with E-state index >= 15 is 0 Å². The van der Waals surface area contributed by atoms with Crippen molar-refractivity contribution in [3.05, 3.63) is 30.1 Å². The molecule has 0 radical (unpaired) electrons. The van der Waals surface area contributed by atoms with E-state index in [-0.39, 0.29) is 24.0 Å². The number of aromatic nitrogens is 2. The fraction of sp³-hybridized carbons (Fsp3) is 0.619. The molecule has 1 atom stereocenters. The topological polar surface area (TPSA) is 57.5 Å². The number of fused-ring (bicyclic) bond motifs is 1. The number of hydrogen-bond acceptors (Lipinski definition) is 3. The number of benzene rings is 1. The number of likely N-dealkylation sites (N-methyl/N-ethyl adjacent to an activating group) is 1. The van der Waals surface area contributed by atoms with E-state index in [0.29, 0.717) is 6.04 Å². The molecule has 0 aliphatic carbocycles. The minimum Gasteiger partial charge on any atom is -0.356 e. The first kappa shape index (κ1) is 22.9. The van der Waals surface area contributed by atoms with Gasteiger partial charge >= 0.3 is 0 Å². The fourth-order valence-corrected chi connectivity index (χ4v) is 4.06. The van der Waals surface area contributed by atoms with Gasteiger partial charge in [-0.05, 0) is 51.4 Å². The van der Waals surface area contributed by atoms with Crippen LogP contribution in [0.25, 0.3) is 11.0 Å². The lowest BCUT2D eigenvalue weighted by Crippen LogP contribution is -2.49. The summed E-state index contributed by atoms with van der Waals surface area (Å²) in [5, 5.41) is 6.97. The minimum atomic E-state index is 0. The van der Waals surface area contributed by atoms with Crippen molar-refractivity contribution in [2.24, 2.45) is 4.99 Å². The fourth-order valence-electron chi connectivity index (χ4n) is 4.06.